The van der Waals surface area contributed by atoms with Gasteiger partial charge in [-0.1, -0.05) is 12.1 Å². The highest BCUT2D eigenvalue weighted by Gasteiger charge is 2.44. The Kier molecular flexibility index (Phi) is 2.72. The summed E-state index contributed by atoms with van der Waals surface area (Å²) >= 11 is 0. The van der Waals surface area contributed by atoms with E-state index in [1.165, 1.54) is 0 Å². The molecule has 0 amide bonds. The zero-order valence-electron chi connectivity index (χ0n) is 9.87. The first-order chi connectivity index (χ1) is 8.65. The normalized spacial score (nSPS) is 25.3. The van der Waals surface area contributed by atoms with Crippen LogP contribution in [0.5, 0.6) is 5.75 Å². The number of hydrogen-bond acceptors (Lipinski definition) is 5. The van der Waals surface area contributed by atoms with E-state index in [1.54, 1.807) is 0 Å². The van der Waals surface area contributed by atoms with Crippen LogP contribution in [0.1, 0.15) is 18.6 Å². The zero-order chi connectivity index (χ0) is 12.7. The molecule has 94 valence electrons. The van der Waals surface area contributed by atoms with E-state index in [0.717, 1.165) is 11.0 Å². The molecule has 2 unspecified atom stereocenters. The van der Waals surface area contributed by atoms with Gasteiger partial charge in [-0.15, -0.1) is 0 Å². The monoisotopic (exact) mass is 249 g/mol. The van der Waals surface area contributed by atoms with Gasteiger partial charge in [0.1, 0.15) is 18.5 Å². The summed E-state index contributed by atoms with van der Waals surface area (Å²) in [5.74, 6) is 0.702. The number of rotatable bonds is 2. The summed E-state index contributed by atoms with van der Waals surface area (Å²) in [6.07, 6.45) is -0.668. The van der Waals surface area contributed by atoms with Crippen LogP contribution >= 0.6 is 0 Å². The van der Waals surface area contributed by atoms with Gasteiger partial charge in [0, 0.05) is 10.4 Å². The zero-order valence-corrected chi connectivity index (χ0v) is 9.87. The second kappa shape index (κ2) is 4.26. The lowest BCUT2D eigenvalue weighted by Crippen LogP contribution is -2.34. The number of nitro groups is 1. The lowest BCUT2D eigenvalue weighted by Gasteiger charge is -2.14. The van der Waals surface area contributed by atoms with Crippen molar-refractivity contribution in [1.29, 1.82) is 0 Å². The first-order valence-corrected chi connectivity index (χ1v) is 5.83. The van der Waals surface area contributed by atoms with Crippen LogP contribution < -0.4 is 10.2 Å². The summed E-state index contributed by atoms with van der Waals surface area (Å²) in [6.45, 7) is 2.08. The summed E-state index contributed by atoms with van der Waals surface area (Å²) in [4.78, 5) is 10.3. The summed E-state index contributed by atoms with van der Waals surface area (Å²) in [7, 11) is -0.557. The molecule has 7 heteroatoms. The molecule has 0 bridgehead atoms. The Bertz CT molecular complexity index is 494. The molecule has 3 rings (SSSR count). The van der Waals surface area contributed by atoms with Crippen molar-refractivity contribution in [1.82, 2.24) is 0 Å². The Morgan fingerprint density at radius 2 is 2.33 bits per heavy atom. The van der Waals surface area contributed by atoms with Crippen molar-refractivity contribution in [3.05, 3.63) is 33.9 Å². The molecule has 1 aromatic rings. The van der Waals surface area contributed by atoms with E-state index >= 15 is 0 Å². The summed E-state index contributed by atoms with van der Waals surface area (Å²) in [6, 6.07) is 5.49. The molecule has 0 N–H and O–H groups in total. The minimum Gasteiger partial charge on any atom is -0.491 e. The minimum atomic E-state index is -0.561. The topological polar surface area (TPSA) is 70.8 Å². The van der Waals surface area contributed by atoms with Crippen molar-refractivity contribution in [2.24, 2.45) is 0 Å². The average molecular weight is 249 g/mol. The van der Waals surface area contributed by atoms with Gasteiger partial charge in [0.05, 0.1) is 6.10 Å². The third-order valence-electron chi connectivity index (χ3n) is 3.11. The number of benzene rings is 1. The second-order valence-corrected chi connectivity index (χ2v) is 4.49. The van der Waals surface area contributed by atoms with Crippen LogP contribution in [0.4, 0.5) is 0 Å². The van der Waals surface area contributed by atoms with Crippen LogP contribution in [0.2, 0.25) is 0 Å². The molecule has 6 nitrogen and oxygen atoms in total. The van der Waals surface area contributed by atoms with Gasteiger partial charge in [0.25, 0.3) is 0 Å². The SMILES string of the molecule is CC1COc2cccc3c2B(O1)OC3C[N+](=O)[O-]. The van der Waals surface area contributed by atoms with Crippen molar-refractivity contribution in [2.75, 3.05) is 13.2 Å². The minimum absolute atomic E-state index is 0.107. The first kappa shape index (κ1) is 11.5. The molecule has 2 aliphatic heterocycles. The van der Waals surface area contributed by atoms with Crippen LogP contribution in [0.25, 0.3) is 0 Å². The van der Waals surface area contributed by atoms with E-state index in [4.69, 9.17) is 14.0 Å². The molecule has 0 saturated carbocycles. The third-order valence-corrected chi connectivity index (χ3v) is 3.11. The maximum Gasteiger partial charge on any atom is 0.499 e. The van der Waals surface area contributed by atoms with Gasteiger partial charge in [0.15, 0.2) is 0 Å². The lowest BCUT2D eigenvalue weighted by atomic mass is 9.77. The molecule has 2 heterocycles. The predicted molar refractivity (Wildman–Crippen MR) is 63.6 cm³/mol. The Morgan fingerprint density at radius 3 is 3.11 bits per heavy atom. The van der Waals surface area contributed by atoms with Gasteiger partial charge >= 0.3 is 7.12 Å². The van der Waals surface area contributed by atoms with Gasteiger partial charge in [-0.2, -0.15) is 0 Å². The van der Waals surface area contributed by atoms with Gasteiger partial charge in [0.2, 0.25) is 6.54 Å². The van der Waals surface area contributed by atoms with E-state index < -0.39 is 13.2 Å². The fraction of sp³-hybridized carbons (Fsp3) is 0.455. The summed E-state index contributed by atoms with van der Waals surface area (Å²) < 4.78 is 16.9. The fourth-order valence-corrected chi connectivity index (χ4v) is 2.34. The highest BCUT2D eigenvalue weighted by Crippen LogP contribution is 2.30. The van der Waals surface area contributed by atoms with Crippen molar-refractivity contribution < 1.29 is 19.0 Å². The van der Waals surface area contributed by atoms with Crippen LogP contribution in [0, 0.1) is 10.1 Å². The predicted octanol–water partition coefficient (Wildman–Crippen LogP) is 0.527. The van der Waals surface area contributed by atoms with Crippen molar-refractivity contribution in [3.63, 3.8) is 0 Å². The number of hydrogen-bond donors (Lipinski definition) is 0. The van der Waals surface area contributed by atoms with Crippen LogP contribution in [0.15, 0.2) is 18.2 Å². The standard InChI is InChI=1S/C11H12BNO5/c1-7-6-16-9-4-2-3-8-10(5-13(14)15)18-12(17-7)11(8)9/h2-4,7,10H,5-6H2,1H3. The molecule has 0 aliphatic carbocycles. The van der Waals surface area contributed by atoms with Gasteiger partial charge in [-0.25, -0.2) is 0 Å². The Labute approximate surface area is 104 Å². The molecule has 0 spiro atoms. The average Bonchev–Trinajstić information content (AvgIpc) is 2.55. The van der Waals surface area contributed by atoms with Crippen LogP contribution in [-0.4, -0.2) is 31.3 Å². The van der Waals surface area contributed by atoms with Crippen molar-refractivity contribution in [3.8, 4) is 5.75 Å². The maximum atomic E-state index is 10.6. The Balaban J connectivity index is 2.00. The fourth-order valence-electron chi connectivity index (χ4n) is 2.34. The molecule has 0 radical (unpaired) electrons. The second-order valence-electron chi connectivity index (χ2n) is 4.49. The van der Waals surface area contributed by atoms with Crippen molar-refractivity contribution >= 4 is 12.6 Å². The molecule has 1 aromatic carbocycles. The van der Waals surface area contributed by atoms with E-state index in [9.17, 15) is 10.1 Å². The third kappa shape index (κ3) is 1.85. The number of ether oxygens (including phenoxy) is 1. The molecule has 2 atom stereocenters. The van der Waals surface area contributed by atoms with E-state index in [2.05, 4.69) is 0 Å². The Morgan fingerprint density at radius 1 is 1.50 bits per heavy atom. The van der Waals surface area contributed by atoms with E-state index in [1.807, 2.05) is 25.1 Å². The van der Waals surface area contributed by atoms with Gasteiger partial charge in [-0.3, -0.25) is 10.1 Å². The van der Waals surface area contributed by atoms with Crippen molar-refractivity contribution in [2.45, 2.75) is 19.1 Å². The van der Waals surface area contributed by atoms with Gasteiger partial charge in [-0.05, 0) is 18.6 Å². The quantitative estimate of drug-likeness (QED) is 0.434. The van der Waals surface area contributed by atoms with Crippen LogP contribution in [-0.2, 0) is 9.31 Å². The lowest BCUT2D eigenvalue weighted by molar-refractivity contribution is -0.490. The van der Waals surface area contributed by atoms with Crippen LogP contribution in [0.3, 0.4) is 0 Å². The molecule has 0 fully saturated rings. The maximum absolute atomic E-state index is 10.6. The highest BCUT2D eigenvalue weighted by atomic mass is 16.6. The molecule has 18 heavy (non-hydrogen) atoms. The van der Waals surface area contributed by atoms with Gasteiger partial charge < -0.3 is 14.0 Å². The summed E-state index contributed by atoms with van der Waals surface area (Å²) in [5.41, 5.74) is 1.59. The molecule has 2 aliphatic rings. The van der Waals surface area contributed by atoms with E-state index in [0.29, 0.717) is 12.4 Å². The first-order valence-electron chi connectivity index (χ1n) is 5.83. The largest absolute Gasteiger partial charge is 0.499 e. The molecule has 0 aromatic heterocycles. The summed E-state index contributed by atoms with van der Waals surface area (Å²) in [5, 5.41) is 10.6. The smallest absolute Gasteiger partial charge is 0.491 e. The molecule has 0 saturated heterocycles. The molecular formula is C11H12BNO5. The number of nitrogens with zero attached hydrogens (tertiary/aromatic N) is 1. The Hall–Kier alpha value is -1.60. The highest BCUT2D eigenvalue weighted by molar-refractivity contribution is 6.64. The van der Waals surface area contributed by atoms with E-state index in [-0.39, 0.29) is 17.6 Å². The molecular weight excluding hydrogens is 237 g/mol.